The fourth-order valence-electron chi connectivity index (χ4n) is 2.53. The lowest BCUT2D eigenvalue weighted by Crippen LogP contribution is -2.23. The van der Waals surface area contributed by atoms with Crippen LogP contribution in [-0.2, 0) is 0 Å². The molecule has 0 spiro atoms. The third kappa shape index (κ3) is 4.07. The first-order chi connectivity index (χ1) is 9.51. The maximum atomic E-state index is 3.74. The molecule has 2 rings (SSSR count). The first-order valence-corrected chi connectivity index (χ1v) is 8.59. The fraction of sp³-hybridized carbons (Fsp3) is 0.556. The molecule has 0 saturated heterocycles. The molecule has 0 saturated carbocycles. The highest BCUT2D eigenvalue weighted by Crippen LogP contribution is 2.34. The number of benzene rings is 1. The van der Waals surface area contributed by atoms with E-state index in [0.29, 0.717) is 11.5 Å². The summed E-state index contributed by atoms with van der Waals surface area (Å²) in [5.41, 5.74) is 1.89. The Balaban J connectivity index is 2.21. The molecule has 2 heteroatoms. The van der Waals surface area contributed by atoms with E-state index in [-0.39, 0.29) is 0 Å². The first-order valence-electron chi connectivity index (χ1n) is 7.71. The largest absolute Gasteiger partial charge is 0.310 e. The molecule has 0 aliphatic carbocycles. The second-order valence-corrected chi connectivity index (χ2v) is 7.70. The standard InChI is InChI=1S/C18H27NS/c1-5-12-19-16(10-11-18(2,3)4)15-13-20-17-9-7-6-8-14(15)17/h6-9,13,16,19H,5,10-12H2,1-4H3. The molecule has 1 atom stereocenters. The number of hydrogen-bond donors (Lipinski definition) is 1. The van der Waals surface area contributed by atoms with Gasteiger partial charge in [-0.25, -0.2) is 0 Å². The van der Waals surface area contributed by atoms with Crippen molar-refractivity contribution in [3.05, 3.63) is 35.2 Å². The molecule has 0 radical (unpaired) electrons. The van der Waals surface area contributed by atoms with Crippen LogP contribution in [0.4, 0.5) is 0 Å². The molecule has 0 amide bonds. The zero-order chi connectivity index (χ0) is 14.6. The molecular weight excluding hydrogens is 262 g/mol. The van der Waals surface area contributed by atoms with Gasteiger partial charge in [0, 0.05) is 10.7 Å². The lowest BCUT2D eigenvalue weighted by atomic mass is 9.87. The van der Waals surface area contributed by atoms with E-state index in [9.17, 15) is 0 Å². The fourth-order valence-corrected chi connectivity index (χ4v) is 3.55. The number of hydrogen-bond acceptors (Lipinski definition) is 2. The Morgan fingerprint density at radius 2 is 1.95 bits per heavy atom. The topological polar surface area (TPSA) is 12.0 Å². The second kappa shape index (κ2) is 6.73. The monoisotopic (exact) mass is 289 g/mol. The summed E-state index contributed by atoms with van der Waals surface area (Å²) in [6, 6.07) is 9.26. The highest BCUT2D eigenvalue weighted by molar-refractivity contribution is 7.17. The summed E-state index contributed by atoms with van der Waals surface area (Å²) >= 11 is 1.87. The molecule has 1 nitrogen and oxygen atoms in total. The van der Waals surface area contributed by atoms with Crippen LogP contribution in [0.3, 0.4) is 0 Å². The predicted molar refractivity (Wildman–Crippen MR) is 91.5 cm³/mol. The van der Waals surface area contributed by atoms with Gasteiger partial charge in [-0.2, -0.15) is 0 Å². The van der Waals surface area contributed by atoms with E-state index in [4.69, 9.17) is 0 Å². The van der Waals surface area contributed by atoms with E-state index in [0.717, 1.165) is 6.54 Å². The average molecular weight is 289 g/mol. The van der Waals surface area contributed by atoms with Crippen LogP contribution >= 0.6 is 11.3 Å². The van der Waals surface area contributed by atoms with Gasteiger partial charge in [-0.15, -0.1) is 11.3 Å². The summed E-state index contributed by atoms with van der Waals surface area (Å²) < 4.78 is 1.40. The number of rotatable bonds is 6. The Bertz CT molecular complexity index is 536. The number of fused-ring (bicyclic) bond motifs is 1. The van der Waals surface area contributed by atoms with Gasteiger partial charge in [0.05, 0.1) is 0 Å². The molecular formula is C18H27NS. The number of thiophene rings is 1. The van der Waals surface area contributed by atoms with Gasteiger partial charge in [-0.3, -0.25) is 0 Å². The molecule has 0 fully saturated rings. The average Bonchev–Trinajstić information content (AvgIpc) is 2.82. The molecule has 1 N–H and O–H groups in total. The van der Waals surface area contributed by atoms with Crippen LogP contribution in [0.5, 0.6) is 0 Å². The summed E-state index contributed by atoms with van der Waals surface area (Å²) in [5.74, 6) is 0. The van der Waals surface area contributed by atoms with Crippen LogP contribution in [-0.4, -0.2) is 6.54 Å². The third-order valence-corrected chi connectivity index (χ3v) is 4.69. The molecule has 110 valence electrons. The summed E-state index contributed by atoms with van der Waals surface area (Å²) in [5, 5.41) is 7.52. The van der Waals surface area contributed by atoms with Gasteiger partial charge >= 0.3 is 0 Å². The summed E-state index contributed by atoms with van der Waals surface area (Å²) in [7, 11) is 0. The van der Waals surface area contributed by atoms with E-state index in [1.807, 2.05) is 11.3 Å². The summed E-state index contributed by atoms with van der Waals surface area (Å²) in [4.78, 5) is 0. The van der Waals surface area contributed by atoms with Gasteiger partial charge in [0.1, 0.15) is 0 Å². The van der Waals surface area contributed by atoms with Crippen LogP contribution in [0, 0.1) is 5.41 Å². The minimum Gasteiger partial charge on any atom is -0.310 e. The van der Waals surface area contributed by atoms with Crippen molar-refractivity contribution in [1.29, 1.82) is 0 Å². The van der Waals surface area contributed by atoms with Gasteiger partial charge in [0.15, 0.2) is 0 Å². The summed E-state index contributed by atoms with van der Waals surface area (Å²) in [6.07, 6.45) is 3.65. The van der Waals surface area contributed by atoms with Crippen molar-refractivity contribution in [3.63, 3.8) is 0 Å². The maximum Gasteiger partial charge on any atom is 0.0346 e. The van der Waals surface area contributed by atoms with Crippen LogP contribution in [0.1, 0.15) is 58.6 Å². The SMILES string of the molecule is CCCNC(CCC(C)(C)C)c1csc2ccccc12. The molecule has 1 heterocycles. The van der Waals surface area contributed by atoms with Gasteiger partial charge in [0.2, 0.25) is 0 Å². The molecule has 1 aromatic carbocycles. The van der Waals surface area contributed by atoms with Crippen molar-refractivity contribution in [2.45, 2.75) is 53.0 Å². The first kappa shape index (κ1) is 15.5. The van der Waals surface area contributed by atoms with E-state index in [2.05, 4.69) is 62.7 Å². The second-order valence-electron chi connectivity index (χ2n) is 6.79. The summed E-state index contributed by atoms with van der Waals surface area (Å²) in [6.45, 7) is 10.3. The van der Waals surface area contributed by atoms with E-state index in [1.54, 1.807) is 0 Å². The lowest BCUT2D eigenvalue weighted by Gasteiger charge is -2.24. The van der Waals surface area contributed by atoms with Gasteiger partial charge in [-0.1, -0.05) is 45.9 Å². The van der Waals surface area contributed by atoms with Crippen LogP contribution in [0.15, 0.2) is 29.6 Å². The van der Waals surface area contributed by atoms with E-state index >= 15 is 0 Å². The molecule has 2 aromatic rings. The Morgan fingerprint density at radius 3 is 2.65 bits per heavy atom. The molecule has 1 unspecified atom stereocenters. The zero-order valence-electron chi connectivity index (χ0n) is 13.2. The van der Waals surface area contributed by atoms with Crippen molar-refractivity contribution < 1.29 is 0 Å². The minimum absolute atomic E-state index is 0.401. The van der Waals surface area contributed by atoms with Crippen LogP contribution in [0.2, 0.25) is 0 Å². The van der Waals surface area contributed by atoms with Crippen molar-refractivity contribution in [2.24, 2.45) is 5.41 Å². The predicted octanol–water partition coefficient (Wildman–Crippen LogP) is 5.77. The van der Waals surface area contributed by atoms with E-state index < -0.39 is 0 Å². The normalized spacial score (nSPS) is 13.8. The molecule has 0 aliphatic heterocycles. The zero-order valence-corrected chi connectivity index (χ0v) is 14.0. The van der Waals surface area contributed by atoms with Gasteiger partial charge in [0.25, 0.3) is 0 Å². The number of nitrogens with one attached hydrogen (secondary N) is 1. The highest BCUT2D eigenvalue weighted by atomic mass is 32.1. The van der Waals surface area contributed by atoms with Crippen molar-refractivity contribution in [2.75, 3.05) is 6.54 Å². The minimum atomic E-state index is 0.401. The lowest BCUT2D eigenvalue weighted by molar-refractivity contribution is 0.333. The Morgan fingerprint density at radius 1 is 1.20 bits per heavy atom. The van der Waals surface area contributed by atoms with E-state index in [1.165, 1.54) is 34.9 Å². The van der Waals surface area contributed by atoms with Crippen molar-refractivity contribution >= 4 is 21.4 Å². The Labute approximate surface area is 127 Å². The molecule has 0 bridgehead atoms. The van der Waals surface area contributed by atoms with Gasteiger partial charge in [-0.05, 0) is 53.6 Å². The molecule has 1 aromatic heterocycles. The molecule has 0 aliphatic rings. The van der Waals surface area contributed by atoms with Crippen molar-refractivity contribution in [3.8, 4) is 0 Å². The van der Waals surface area contributed by atoms with Crippen molar-refractivity contribution in [1.82, 2.24) is 5.32 Å². The smallest absolute Gasteiger partial charge is 0.0346 e. The maximum absolute atomic E-state index is 3.74. The molecule has 20 heavy (non-hydrogen) atoms. The highest BCUT2D eigenvalue weighted by Gasteiger charge is 2.18. The Kier molecular flexibility index (Phi) is 5.22. The third-order valence-electron chi connectivity index (χ3n) is 3.71. The van der Waals surface area contributed by atoms with Crippen LogP contribution in [0.25, 0.3) is 10.1 Å². The van der Waals surface area contributed by atoms with Gasteiger partial charge < -0.3 is 5.32 Å². The Hall–Kier alpha value is -0.860. The quantitative estimate of drug-likeness (QED) is 0.712. The van der Waals surface area contributed by atoms with Crippen LogP contribution < -0.4 is 5.32 Å².